The number of benzene rings is 2. The smallest absolute Gasteiger partial charge is 0.238 e. The molecule has 35 heavy (non-hydrogen) atoms. The van der Waals surface area contributed by atoms with E-state index in [0.29, 0.717) is 0 Å². The molecule has 0 amide bonds. The number of aliphatic hydroxyl groups is 4. The van der Waals surface area contributed by atoms with Crippen LogP contribution in [-0.2, 0) is 4.74 Å². The number of hydrogen-bond donors (Lipinski definition) is 8. The fourth-order valence-electron chi connectivity index (χ4n) is 3.71. The van der Waals surface area contributed by atoms with Crippen LogP contribution in [0.15, 0.2) is 33.5 Å². The number of phenols is 3. The van der Waals surface area contributed by atoms with E-state index in [-0.39, 0.29) is 28.0 Å². The van der Waals surface area contributed by atoms with Gasteiger partial charge in [0.2, 0.25) is 17.5 Å². The molecule has 1 aliphatic heterocycles. The lowest BCUT2D eigenvalue weighted by Crippen LogP contribution is -2.60. The van der Waals surface area contributed by atoms with Gasteiger partial charge in [0.15, 0.2) is 23.0 Å². The van der Waals surface area contributed by atoms with Gasteiger partial charge in [0, 0.05) is 17.7 Å². The molecule has 0 saturated carbocycles. The molecule has 2 heterocycles. The second-order valence-corrected chi connectivity index (χ2v) is 7.79. The van der Waals surface area contributed by atoms with Crippen LogP contribution in [0.2, 0.25) is 0 Å². The van der Waals surface area contributed by atoms with E-state index >= 15 is 0 Å². The second kappa shape index (κ2) is 9.13. The Morgan fingerprint density at radius 1 is 0.914 bits per heavy atom. The molecule has 0 bridgehead atoms. The number of aliphatic hydroxyl groups excluding tert-OH is 4. The lowest BCUT2D eigenvalue weighted by Gasteiger charge is -2.39. The van der Waals surface area contributed by atoms with Crippen molar-refractivity contribution in [2.24, 2.45) is 0 Å². The van der Waals surface area contributed by atoms with Gasteiger partial charge in [-0.05, 0) is 12.1 Å². The summed E-state index contributed by atoms with van der Waals surface area (Å²) in [7, 11) is 1.23. The molecule has 0 unspecified atom stereocenters. The SMILES string of the molecule is COc1cc(O[C@@H]2O[C@H](CO)[C@@H](O)[C@H](O)[C@H]2O)cc2oc(-c3cc(O)c(O)c(O)c3)c(O)c(=O)c12. The molecule has 188 valence electrons. The van der Waals surface area contributed by atoms with Gasteiger partial charge in [-0.1, -0.05) is 0 Å². The summed E-state index contributed by atoms with van der Waals surface area (Å²) in [6.45, 7) is -0.671. The molecule has 2 aromatic carbocycles. The Morgan fingerprint density at radius 3 is 2.17 bits per heavy atom. The van der Waals surface area contributed by atoms with E-state index in [0.717, 1.165) is 12.1 Å². The third kappa shape index (κ3) is 4.15. The highest BCUT2D eigenvalue weighted by molar-refractivity contribution is 5.88. The first-order valence-electron chi connectivity index (χ1n) is 10.2. The molecule has 1 fully saturated rings. The highest BCUT2D eigenvalue weighted by Crippen LogP contribution is 2.42. The third-order valence-electron chi connectivity index (χ3n) is 5.56. The normalized spacial score (nSPS) is 24.4. The van der Waals surface area contributed by atoms with Gasteiger partial charge in [0.25, 0.3) is 0 Å². The van der Waals surface area contributed by atoms with Crippen molar-refractivity contribution in [2.75, 3.05) is 13.7 Å². The van der Waals surface area contributed by atoms with E-state index in [1.165, 1.54) is 19.2 Å². The Morgan fingerprint density at radius 2 is 1.57 bits per heavy atom. The van der Waals surface area contributed by atoms with Gasteiger partial charge in [-0.25, -0.2) is 0 Å². The van der Waals surface area contributed by atoms with Gasteiger partial charge >= 0.3 is 0 Å². The summed E-state index contributed by atoms with van der Waals surface area (Å²) in [4.78, 5) is 12.9. The molecule has 8 N–H and O–H groups in total. The summed E-state index contributed by atoms with van der Waals surface area (Å²) in [6, 6.07) is 4.30. The van der Waals surface area contributed by atoms with E-state index in [2.05, 4.69) is 0 Å². The van der Waals surface area contributed by atoms with E-state index in [9.17, 15) is 45.6 Å². The maximum Gasteiger partial charge on any atom is 0.238 e. The largest absolute Gasteiger partial charge is 0.504 e. The van der Waals surface area contributed by atoms with Crippen LogP contribution in [-0.4, -0.2) is 85.3 Å². The van der Waals surface area contributed by atoms with Crippen LogP contribution in [0.25, 0.3) is 22.3 Å². The quantitative estimate of drug-likeness (QED) is 0.209. The van der Waals surface area contributed by atoms with Crippen LogP contribution in [0.3, 0.4) is 0 Å². The van der Waals surface area contributed by atoms with Crippen molar-refractivity contribution in [1.82, 2.24) is 0 Å². The number of hydrogen-bond acceptors (Lipinski definition) is 13. The minimum absolute atomic E-state index is 0.0881. The molecule has 3 aromatic rings. The summed E-state index contributed by atoms with van der Waals surface area (Å²) < 4.78 is 21.7. The lowest BCUT2D eigenvalue weighted by molar-refractivity contribution is -0.277. The molecule has 1 aromatic heterocycles. The molecule has 0 spiro atoms. The monoisotopic (exact) mass is 494 g/mol. The van der Waals surface area contributed by atoms with Crippen LogP contribution in [0.1, 0.15) is 0 Å². The number of methoxy groups -OCH3 is 1. The minimum atomic E-state index is -1.71. The van der Waals surface area contributed by atoms with Crippen molar-refractivity contribution in [2.45, 2.75) is 30.7 Å². The predicted molar refractivity (Wildman–Crippen MR) is 116 cm³/mol. The highest BCUT2D eigenvalue weighted by atomic mass is 16.7. The maximum atomic E-state index is 12.9. The minimum Gasteiger partial charge on any atom is -0.504 e. The van der Waals surface area contributed by atoms with Crippen LogP contribution in [0.4, 0.5) is 0 Å². The molecular weight excluding hydrogens is 472 g/mol. The van der Waals surface area contributed by atoms with Crippen molar-refractivity contribution in [1.29, 1.82) is 0 Å². The molecule has 1 saturated heterocycles. The van der Waals surface area contributed by atoms with Crippen LogP contribution >= 0.6 is 0 Å². The van der Waals surface area contributed by atoms with Gasteiger partial charge in [0.1, 0.15) is 46.9 Å². The summed E-state index contributed by atoms with van der Waals surface area (Å²) in [5.41, 5.74) is -1.26. The lowest BCUT2D eigenvalue weighted by atomic mass is 9.99. The first-order chi connectivity index (χ1) is 16.6. The third-order valence-corrected chi connectivity index (χ3v) is 5.56. The summed E-state index contributed by atoms with van der Waals surface area (Å²) in [5, 5.41) is 78.8. The topological polar surface area (TPSA) is 220 Å². The molecule has 0 aliphatic carbocycles. The molecule has 4 rings (SSSR count). The Labute approximate surface area is 195 Å². The van der Waals surface area contributed by atoms with E-state index in [1.807, 2.05) is 0 Å². The van der Waals surface area contributed by atoms with Crippen LogP contribution in [0.5, 0.6) is 34.5 Å². The summed E-state index contributed by atoms with van der Waals surface area (Å²) >= 11 is 0. The number of phenolic OH excluding ortho intramolecular Hbond substituents is 3. The molecular formula is C22H22O13. The average Bonchev–Trinajstić information content (AvgIpc) is 2.84. The first kappa shape index (κ1) is 24.4. The Balaban J connectivity index is 1.82. The van der Waals surface area contributed by atoms with Gasteiger partial charge in [-0.3, -0.25) is 4.79 Å². The van der Waals surface area contributed by atoms with E-state index < -0.39 is 71.5 Å². The molecule has 1 aliphatic rings. The highest BCUT2D eigenvalue weighted by Gasteiger charge is 2.44. The zero-order valence-corrected chi connectivity index (χ0v) is 18.0. The van der Waals surface area contributed by atoms with Gasteiger partial charge in [0.05, 0.1) is 13.7 Å². The van der Waals surface area contributed by atoms with Gasteiger partial charge in [-0.15, -0.1) is 0 Å². The predicted octanol–water partition coefficient (Wildman–Crippen LogP) is -0.530. The maximum absolute atomic E-state index is 12.9. The number of aromatic hydroxyl groups is 4. The Kier molecular flexibility index (Phi) is 6.36. The van der Waals surface area contributed by atoms with Crippen molar-refractivity contribution < 1.29 is 59.5 Å². The Hall–Kier alpha value is -3.75. The van der Waals surface area contributed by atoms with E-state index in [4.69, 9.17) is 18.6 Å². The van der Waals surface area contributed by atoms with Gasteiger partial charge < -0.3 is 59.5 Å². The number of fused-ring (bicyclic) bond motifs is 1. The standard InChI is InChI=1S/C22H22O13/c1-32-11-4-8(33-22-20(31)18(29)16(27)13(6-23)35-22)5-12-14(11)17(28)19(30)21(34-12)7-2-9(24)15(26)10(25)3-7/h2-5,13,16,18,20,22-27,29-31H,6H2,1H3/t13-,16-,18+,20-,22-/m1/s1. The fraction of sp³-hybridized carbons (Fsp3) is 0.318. The van der Waals surface area contributed by atoms with Crippen molar-refractivity contribution in [3.05, 3.63) is 34.5 Å². The van der Waals surface area contributed by atoms with Crippen molar-refractivity contribution in [3.63, 3.8) is 0 Å². The number of ether oxygens (including phenoxy) is 3. The molecule has 5 atom stereocenters. The first-order valence-corrected chi connectivity index (χ1v) is 10.2. The fourth-order valence-corrected chi connectivity index (χ4v) is 3.71. The molecule has 0 radical (unpaired) electrons. The zero-order valence-electron chi connectivity index (χ0n) is 18.0. The zero-order chi connectivity index (χ0) is 25.6. The molecule has 13 heteroatoms. The van der Waals surface area contributed by atoms with Crippen LogP contribution < -0.4 is 14.9 Å². The second-order valence-electron chi connectivity index (χ2n) is 7.79. The van der Waals surface area contributed by atoms with Crippen molar-refractivity contribution in [3.8, 4) is 45.8 Å². The Bertz CT molecular complexity index is 1290. The summed E-state index contributed by atoms with van der Waals surface area (Å²) in [6.07, 6.45) is -7.76. The summed E-state index contributed by atoms with van der Waals surface area (Å²) in [5.74, 6) is -3.81. The van der Waals surface area contributed by atoms with Crippen molar-refractivity contribution >= 4 is 11.0 Å². The number of rotatable bonds is 5. The van der Waals surface area contributed by atoms with E-state index in [1.54, 1.807) is 0 Å². The molecule has 13 nitrogen and oxygen atoms in total. The van der Waals surface area contributed by atoms with Crippen LogP contribution in [0, 0.1) is 0 Å². The van der Waals surface area contributed by atoms with Gasteiger partial charge in [-0.2, -0.15) is 0 Å². The average molecular weight is 494 g/mol.